The van der Waals surface area contributed by atoms with Gasteiger partial charge in [0.15, 0.2) is 0 Å². The molecule has 0 heterocycles. The minimum atomic E-state index is -0.708. The minimum Gasteiger partial charge on any atom is -0.465 e. The highest BCUT2D eigenvalue weighted by atomic mass is 16.5. The predicted molar refractivity (Wildman–Crippen MR) is 84.8 cm³/mol. The second-order valence-electron chi connectivity index (χ2n) is 7.06. The van der Waals surface area contributed by atoms with Crippen molar-refractivity contribution in [3.63, 3.8) is 0 Å². The van der Waals surface area contributed by atoms with Gasteiger partial charge < -0.3 is 4.74 Å². The number of carbonyl (C=O) groups is 2. The van der Waals surface area contributed by atoms with E-state index in [4.69, 9.17) is 10.00 Å². The van der Waals surface area contributed by atoms with Crippen molar-refractivity contribution in [3.8, 4) is 6.07 Å². The van der Waals surface area contributed by atoms with Gasteiger partial charge in [-0.05, 0) is 40.5 Å². The molecule has 0 bridgehead atoms. The third-order valence-electron chi connectivity index (χ3n) is 3.66. The molecule has 0 N–H and O–H groups in total. The van der Waals surface area contributed by atoms with E-state index in [1.165, 1.54) is 0 Å². The summed E-state index contributed by atoms with van der Waals surface area (Å²) in [6.07, 6.45) is 8.82. The summed E-state index contributed by atoms with van der Waals surface area (Å²) in [5.41, 5.74) is -1.28. The second kappa shape index (κ2) is 7.40. The van der Waals surface area contributed by atoms with Gasteiger partial charge in [-0.25, -0.2) is 0 Å². The van der Waals surface area contributed by atoms with Crippen LogP contribution >= 0.6 is 0 Å². The lowest BCUT2D eigenvalue weighted by Crippen LogP contribution is -2.32. The molecule has 0 amide bonds. The van der Waals surface area contributed by atoms with Gasteiger partial charge >= 0.3 is 5.97 Å². The first-order valence-electron chi connectivity index (χ1n) is 7.64. The Morgan fingerprint density at radius 3 is 2.32 bits per heavy atom. The molecule has 0 atom stereocenters. The summed E-state index contributed by atoms with van der Waals surface area (Å²) in [7, 11) is 0. The molecule has 1 aliphatic carbocycles. The molecular formula is C18H25NO3. The fourth-order valence-corrected chi connectivity index (χ4v) is 2.64. The molecule has 0 spiro atoms. The molecule has 0 saturated carbocycles. The number of nitriles is 1. The Balaban J connectivity index is 2.33. The molecule has 0 aromatic heterocycles. The van der Waals surface area contributed by atoms with E-state index in [1.54, 1.807) is 13.8 Å². The topological polar surface area (TPSA) is 67.2 Å². The number of carbonyl (C=O) groups excluding carboxylic acids is 2. The molecule has 0 fully saturated rings. The number of ketones is 1. The molecular weight excluding hydrogens is 278 g/mol. The van der Waals surface area contributed by atoms with Crippen LogP contribution in [0.5, 0.6) is 0 Å². The van der Waals surface area contributed by atoms with Crippen LogP contribution in [0.4, 0.5) is 0 Å². The summed E-state index contributed by atoms with van der Waals surface area (Å²) in [4.78, 5) is 24.0. The fraction of sp³-hybridized carbons (Fsp3) is 0.611. The van der Waals surface area contributed by atoms with Gasteiger partial charge in [-0.3, -0.25) is 9.59 Å². The van der Waals surface area contributed by atoms with Gasteiger partial charge in [-0.1, -0.05) is 24.3 Å². The third-order valence-corrected chi connectivity index (χ3v) is 3.66. The van der Waals surface area contributed by atoms with E-state index in [9.17, 15) is 9.59 Å². The number of hydrogen-bond acceptors (Lipinski definition) is 4. The predicted octanol–water partition coefficient (Wildman–Crippen LogP) is 3.59. The summed E-state index contributed by atoms with van der Waals surface area (Å²) in [5.74, 6) is -0.293. The highest BCUT2D eigenvalue weighted by Gasteiger charge is 2.36. The van der Waals surface area contributed by atoms with Crippen molar-refractivity contribution in [3.05, 3.63) is 24.3 Å². The van der Waals surface area contributed by atoms with Gasteiger partial charge in [-0.15, -0.1) is 0 Å². The summed E-state index contributed by atoms with van der Waals surface area (Å²) < 4.78 is 5.27. The number of allylic oxidation sites excluding steroid dienone is 4. The van der Waals surface area contributed by atoms with Crippen molar-refractivity contribution in [2.24, 2.45) is 16.7 Å². The van der Waals surface area contributed by atoms with Gasteiger partial charge in [0.05, 0.1) is 29.4 Å². The number of rotatable bonds is 8. The van der Waals surface area contributed by atoms with Crippen LogP contribution in [-0.2, 0) is 14.3 Å². The molecule has 0 saturated heterocycles. The molecule has 0 radical (unpaired) electrons. The van der Waals surface area contributed by atoms with Gasteiger partial charge in [0, 0.05) is 6.42 Å². The standard InChI is InChI=1S/C18H25NO3/c1-17(2,13-19)12-18(3,4)16(21)22-11-7-10-15(20)14-8-5-6-9-14/h5-6,8-9,14H,7,10-12H2,1-4H3. The highest BCUT2D eigenvalue weighted by molar-refractivity contribution is 5.85. The maximum Gasteiger partial charge on any atom is 0.311 e. The molecule has 0 aromatic rings. The van der Waals surface area contributed by atoms with Gasteiger partial charge in [0.25, 0.3) is 0 Å². The van der Waals surface area contributed by atoms with Crippen molar-refractivity contribution in [2.75, 3.05) is 6.61 Å². The summed E-state index contributed by atoms with van der Waals surface area (Å²) >= 11 is 0. The number of Topliss-reactive ketones (excluding diaryl/α,β-unsaturated/α-hetero) is 1. The van der Waals surface area contributed by atoms with Crippen LogP contribution in [0.25, 0.3) is 0 Å². The number of hydrogen-bond donors (Lipinski definition) is 0. The average Bonchev–Trinajstić information content (AvgIpc) is 2.96. The second-order valence-corrected chi connectivity index (χ2v) is 7.06. The maximum absolute atomic E-state index is 12.1. The van der Waals surface area contributed by atoms with Crippen molar-refractivity contribution in [2.45, 2.75) is 47.0 Å². The molecule has 1 aliphatic rings. The van der Waals surface area contributed by atoms with Crippen LogP contribution in [0.2, 0.25) is 0 Å². The smallest absolute Gasteiger partial charge is 0.311 e. The number of ether oxygens (including phenoxy) is 1. The van der Waals surface area contributed by atoms with Crippen LogP contribution in [-0.4, -0.2) is 18.4 Å². The van der Waals surface area contributed by atoms with Crippen molar-refractivity contribution >= 4 is 11.8 Å². The zero-order chi connectivity index (χ0) is 16.8. The Morgan fingerprint density at radius 1 is 1.18 bits per heavy atom. The van der Waals surface area contributed by atoms with E-state index in [2.05, 4.69) is 6.07 Å². The Labute approximate surface area is 132 Å². The third kappa shape index (κ3) is 5.48. The van der Waals surface area contributed by atoms with E-state index < -0.39 is 10.8 Å². The van der Waals surface area contributed by atoms with E-state index in [1.807, 2.05) is 38.2 Å². The number of nitrogens with zero attached hydrogens (tertiary/aromatic N) is 1. The highest BCUT2D eigenvalue weighted by Crippen LogP contribution is 2.34. The Morgan fingerprint density at radius 2 is 1.77 bits per heavy atom. The maximum atomic E-state index is 12.1. The van der Waals surface area contributed by atoms with Crippen LogP contribution < -0.4 is 0 Å². The zero-order valence-electron chi connectivity index (χ0n) is 13.9. The molecule has 0 aromatic carbocycles. The fourth-order valence-electron chi connectivity index (χ4n) is 2.64. The normalized spacial score (nSPS) is 14.9. The Hall–Kier alpha value is -1.89. The van der Waals surface area contributed by atoms with E-state index in [-0.39, 0.29) is 24.3 Å². The average molecular weight is 303 g/mol. The summed E-state index contributed by atoms with van der Waals surface area (Å²) in [5, 5.41) is 9.07. The molecule has 22 heavy (non-hydrogen) atoms. The molecule has 4 heteroatoms. The van der Waals surface area contributed by atoms with Crippen LogP contribution in [0.3, 0.4) is 0 Å². The van der Waals surface area contributed by atoms with Gasteiger partial charge in [-0.2, -0.15) is 5.26 Å². The molecule has 4 nitrogen and oxygen atoms in total. The first-order chi connectivity index (χ1) is 10.2. The van der Waals surface area contributed by atoms with Crippen molar-refractivity contribution < 1.29 is 14.3 Å². The molecule has 0 unspecified atom stereocenters. The Bertz CT molecular complexity index is 509. The largest absolute Gasteiger partial charge is 0.465 e. The van der Waals surface area contributed by atoms with Crippen LogP contribution in [0, 0.1) is 28.1 Å². The van der Waals surface area contributed by atoms with E-state index in [0.29, 0.717) is 19.3 Å². The summed E-state index contributed by atoms with van der Waals surface area (Å²) in [6, 6.07) is 2.20. The zero-order valence-corrected chi connectivity index (χ0v) is 13.9. The molecule has 120 valence electrons. The first-order valence-corrected chi connectivity index (χ1v) is 7.64. The van der Waals surface area contributed by atoms with Crippen LogP contribution in [0.1, 0.15) is 47.0 Å². The van der Waals surface area contributed by atoms with Crippen LogP contribution in [0.15, 0.2) is 24.3 Å². The lowest BCUT2D eigenvalue weighted by Gasteiger charge is -2.28. The molecule has 0 aliphatic heterocycles. The van der Waals surface area contributed by atoms with E-state index in [0.717, 1.165) is 0 Å². The summed E-state index contributed by atoms with van der Waals surface area (Å²) in [6.45, 7) is 7.43. The van der Waals surface area contributed by atoms with Crippen molar-refractivity contribution in [1.82, 2.24) is 0 Å². The quantitative estimate of drug-likeness (QED) is 0.507. The SMILES string of the molecule is CC(C)(C#N)CC(C)(C)C(=O)OCCCC(=O)C1C=CC=C1. The lowest BCUT2D eigenvalue weighted by molar-refractivity contribution is -0.155. The monoisotopic (exact) mass is 303 g/mol. The van der Waals surface area contributed by atoms with Crippen molar-refractivity contribution in [1.29, 1.82) is 5.26 Å². The van der Waals surface area contributed by atoms with Gasteiger partial charge in [0.1, 0.15) is 5.78 Å². The lowest BCUT2D eigenvalue weighted by atomic mass is 9.76. The van der Waals surface area contributed by atoms with Gasteiger partial charge in [0.2, 0.25) is 0 Å². The number of esters is 1. The van der Waals surface area contributed by atoms with E-state index >= 15 is 0 Å². The first kappa shape index (κ1) is 18.2. The minimum absolute atomic E-state index is 0.122. The molecule has 1 rings (SSSR count). The Kier molecular flexibility index (Phi) is 6.11.